The van der Waals surface area contributed by atoms with Gasteiger partial charge in [0.1, 0.15) is 5.75 Å². The number of anilines is 1. The van der Waals surface area contributed by atoms with Crippen LogP contribution in [0.1, 0.15) is 27.4 Å². The lowest BCUT2D eigenvalue weighted by Crippen LogP contribution is -2.39. The molecule has 3 aromatic rings. The van der Waals surface area contributed by atoms with Crippen molar-refractivity contribution in [3.8, 4) is 5.75 Å². The Labute approximate surface area is 203 Å². The van der Waals surface area contributed by atoms with E-state index < -0.39 is 10.8 Å². The van der Waals surface area contributed by atoms with Crippen molar-refractivity contribution in [2.75, 3.05) is 32.1 Å². The Balaban J connectivity index is 1.63. The van der Waals surface area contributed by atoms with Gasteiger partial charge in [-0.2, -0.15) is 0 Å². The molecule has 9 heteroatoms. The van der Waals surface area contributed by atoms with E-state index in [0.29, 0.717) is 24.2 Å². The van der Waals surface area contributed by atoms with E-state index in [9.17, 15) is 19.7 Å². The fourth-order valence-corrected chi connectivity index (χ4v) is 3.50. The minimum atomic E-state index is -0.717. The summed E-state index contributed by atoms with van der Waals surface area (Å²) >= 11 is 0. The quantitative estimate of drug-likeness (QED) is 0.221. The zero-order chi connectivity index (χ0) is 25.2. The Bertz CT molecular complexity index is 1160. The number of nitrogens with one attached hydrogen (secondary N) is 3. The largest absolute Gasteiger partial charge is 0.497 e. The van der Waals surface area contributed by atoms with Gasteiger partial charge in [0.2, 0.25) is 5.91 Å². The molecule has 35 heavy (non-hydrogen) atoms. The SMILES string of the molecule is COc1ccc(NCCNC(=O)C(CNC(=O)c2cccc(C)c2)c2ccc([N+](=O)[O-])cc2)cc1. The predicted octanol–water partition coefficient (Wildman–Crippen LogP) is 3.65. The minimum Gasteiger partial charge on any atom is -0.497 e. The number of methoxy groups -OCH3 is 1. The van der Waals surface area contributed by atoms with Gasteiger partial charge in [-0.15, -0.1) is 0 Å². The van der Waals surface area contributed by atoms with Gasteiger partial charge in [0.25, 0.3) is 11.6 Å². The Morgan fingerprint density at radius 1 is 0.971 bits per heavy atom. The maximum atomic E-state index is 13.0. The first-order valence-corrected chi connectivity index (χ1v) is 11.1. The molecular weight excluding hydrogens is 448 g/mol. The highest BCUT2D eigenvalue weighted by molar-refractivity contribution is 5.95. The number of non-ortho nitro benzene ring substituents is 1. The number of rotatable bonds is 11. The molecule has 182 valence electrons. The summed E-state index contributed by atoms with van der Waals surface area (Å²) in [7, 11) is 1.60. The number of hydrogen-bond donors (Lipinski definition) is 3. The number of amides is 2. The highest BCUT2D eigenvalue weighted by atomic mass is 16.6. The highest BCUT2D eigenvalue weighted by Crippen LogP contribution is 2.20. The molecule has 0 saturated heterocycles. The van der Waals surface area contributed by atoms with Crippen molar-refractivity contribution >= 4 is 23.2 Å². The summed E-state index contributed by atoms with van der Waals surface area (Å²) in [5.41, 5.74) is 2.83. The van der Waals surface area contributed by atoms with Crippen LogP contribution >= 0.6 is 0 Å². The van der Waals surface area contributed by atoms with E-state index in [4.69, 9.17) is 4.74 Å². The van der Waals surface area contributed by atoms with Crippen molar-refractivity contribution in [2.24, 2.45) is 0 Å². The second-order valence-electron chi connectivity index (χ2n) is 7.93. The highest BCUT2D eigenvalue weighted by Gasteiger charge is 2.22. The summed E-state index contributed by atoms with van der Waals surface area (Å²) < 4.78 is 5.14. The molecule has 1 unspecified atom stereocenters. The van der Waals surface area contributed by atoms with Crippen LogP contribution in [0.5, 0.6) is 5.75 Å². The van der Waals surface area contributed by atoms with Gasteiger partial charge < -0.3 is 20.7 Å². The fraction of sp³-hybridized carbons (Fsp3) is 0.231. The smallest absolute Gasteiger partial charge is 0.269 e. The van der Waals surface area contributed by atoms with E-state index in [-0.39, 0.29) is 24.0 Å². The number of nitrogens with zero attached hydrogens (tertiary/aromatic N) is 1. The molecule has 0 bridgehead atoms. The van der Waals surface area contributed by atoms with Crippen molar-refractivity contribution < 1.29 is 19.2 Å². The summed E-state index contributed by atoms with van der Waals surface area (Å²) in [5, 5.41) is 19.9. The van der Waals surface area contributed by atoms with Gasteiger partial charge in [0.05, 0.1) is 18.0 Å². The Morgan fingerprint density at radius 2 is 1.69 bits per heavy atom. The second-order valence-corrected chi connectivity index (χ2v) is 7.93. The monoisotopic (exact) mass is 476 g/mol. The zero-order valence-corrected chi connectivity index (χ0v) is 19.6. The maximum absolute atomic E-state index is 13.0. The Morgan fingerprint density at radius 3 is 2.31 bits per heavy atom. The van der Waals surface area contributed by atoms with Crippen LogP contribution in [0.4, 0.5) is 11.4 Å². The van der Waals surface area contributed by atoms with Crippen LogP contribution in [0.15, 0.2) is 72.8 Å². The van der Waals surface area contributed by atoms with Gasteiger partial charge in [-0.1, -0.05) is 29.8 Å². The van der Waals surface area contributed by atoms with Crippen LogP contribution in [0.25, 0.3) is 0 Å². The summed E-state index contributed by atoms with van der Waals surface area (Å²) in [4.78, 5) is 36.1. The van der Waals surface area contributed by atoms with Crippen molar-refractivity contribution in [2.45, 2.75) is 12.8 Å². The van der Waals surface area contributed by atoms with Gasteiger partial charge >= 0.3 is 0 Å². The van der Waals surface area contributed by atoms with Crippen LogP contribution in [-0.4, -0.2) is 43.5 Å². The number of carbonyl (C=O) groups excluding carboxylic acids is 2. The Kier molecular flexibility index (Phi) is 8.77. The normalized spacial score (nSPS) is 11.3. The van der Waals surface area contributed by atoms with Crippen LogP contribution < -0.4 is 20.7 Å². The first kappa shape index (κ1) is 25.2. The summed E-state index contributed by atoms with van der Waals surface area (Å²) in [5.74, 6) is -0.553. The third kappa shape index (κ3) is 7.29. The number of ether oxygens (including phenoxy) is 1. The maximum Gasteiger partial charge on any atom is 0.269 e. The number of aryl methyl sites for hydroxylation is 1. The van der Waals surface area contributed by atoms with Crippen molar-refractivity contribution in [1.29, 1.82) is 0 Å². The molecule has 3 rings (SSSR count). The molecule has 0 aromatic heterocycles. The molecular formula is C26H28N4O5. The number of nitro groups is 1. The number of nitro benzene ring substituents is 1. The fourth-order valence-electron chi connectivity index (χ4n) is 3.50. The summed E-state index contributed by atoms with van der Waals surface area (Å²) in [6, 6.07) is 20.4. The summed E-state index contributed by atoms with van der Waals surface area (Å²) in [6.07, 6.45) is 0. The second kappa shape index (κ2) is 12.2. The lowest BCUT2D eigenvalue weighted by molar-refractivity contribution is -0.384. The first-order valence-electron chi connectivity index (χ1n) is 11.1. The van der Waals surface area contributed by atoms with Crippen LogP contribution in [0.2, 0.25) is 0 Å². The lowest BCUT2D eigenvalue weighted by atomic mass is 9.97. The molecule has 0 radical (unpaired) electrons. The number of carbonyl (C=O) groups is 2. The van der Waals surface area contributed by atoms with Gasteiger partial charge in [0, 0.05) is 43.0 Å². The average Bonchev–Trinajstić information content (AvgIpc) is 2.87. The molecule has 0 saturated carbocycles. The molecule has 3 N–H and O–H groups in total. The van der Waals surface area contributed by atoms with Crippen LogP contribution in [0.3, 0.4) is 0 Å². The van der Waals surface area contributed by atoms with E-state index in [2.05, 4.69) is 16.0 Å². The number of benzene rings is 3. The molecule has 0 heterocycles. The minimum absolute atomic E-state index is 0.0440. The van der Waals surface area contributed by atoms with E-state index in [1.165, 1.54) is 24.3 Å². The topological polar surface area (TPSA) is 123 Å². The molecule has 1 atom stereocenters. The van der Waals surface area contributed by atoms with Crippen molar-refractivity contribution in [1.82, 2.24) is 10.6 Å². The van der Waals surface area contributed by atoms with Crippen molar-refractivity contribution in [3.63, 3.8) is 0 Å². The van der Waals surface area contributed by atoms with Gasteiger partial charge in [0.15, 0.2) is 0 Å². The number of hydrogen-bond acceptors (Lipinski definition) is 6. The molecule has 0 fully saturated rings. The van der Waals surface area contributed by atoms with E-state index in [1.807, 2.05) is 37.3 Å². The average molecular weight is 477 g/mol. The first-order chi connectivity index (χ1) is 16.9. The molecule has 2 amide bonds. The molecule has 3 aromatic carbocycles. The lowest BCUT2D eigenvalue weighted by Gasteiger charge is -2.18. The third-order valence-corrected chi connectivity index (χ3v) is 5.41. The standard InChI is InChI=1S/C26H28N4O5/c1-18-4-3-5-20(16-18)25(31)29-17-24(19-6-10-22(11-7-19)30(33)34)26(32)28-15-14-27-21-8-12-23(35-2)13-9-21/h3-13,16,24,27H,14-15,17H2,1-2H3,(H,28,32)(H,29,31). The third-order valence-electron chi connectivity index (χ3n) is 5.41. The van der Waals surface area contributed by atoms with Crippen LogP contribution in [0, 0.1) is 17.0 Å². The zero-order valence-electron chi connectivity index (χ0n) is 19.6. The van der Waals surface area contributed by atoms with Gasteiger partial charge in [-0.3, -0.25) is 19.7 Å². The molecule has 0 aliphatic carbocycles. The molecule has 9 nitrogen and oxygen atoms in total. The Hall–Kier alpha value is -4.40. The van der Waals surface area contributed by atoms with E-state index in [1.54, 1.807) is 25.3 Å². The molecule has 0 aliphatic rings. The summed E-state index contributed by atoms with van der Waals surface area (Å²) in [6.45, 7) is 2.77. The van der Waals surface area contributed by atoms with Crippen LogP contribution in [-0.2, 0) is 4.79 Å². The van der Waals surface area contributed by atoms with Crippen molar-refractivity contribution in [3.05, 3.63) is 99.6 Å². The molecule has 0 spiro atoms. The van der Waals surface area contributed by atoms with E-state index in [0.717, 1.165) is 17.0 Å². The predicted molar refractivity (Wildman–Crippen MR) is 134 cm³/mol. The van der Waals surface area contributed by atoms with Gasteiger partial charge in [-0.05, 0) is 48.9 Å². The van der Waals surface area contributed by atoms with E-state index >= 15 is 0 Å². The molecule has 0 aliphatic heterocycles. The van der Waals surface area contributed by atoms with Gasteiger partial charge in [-0.25, -0.2) is 0 Å².